The number of hydrogen-bond donors (Lipinski definition) is 2. The van der Waals surface area contributed by atoms with E-state index in [0.29, 0.717) is 32.4 Å². The molecule has 3 aromatic rings. The van der Waals surface area contributed by atoms with Crippen LogP contribution in [0.25, 0.3) is 0 Å². The average molecular weight is 555 g/mol. The van der Waals surface area contributed by atoms with Gasteiger partial charge in [0.1, 0.15) is 0 Å². The Morgan fingerprint density at radius 2 is 1.62 bits per heavy atom. The summed E-state index contributed by atoms with van der Waals surface area (Å²) in [5.74, 6) is -0.665. The van der Waals surface area contributed by atoms with Crippen LogP contribution in [0.1, 0.15) is 26.3 Å². The summed E-state index contributed by atoms with van der Waals surface area (Å²) >= 11 is 19.5. The third kappa shape index (κ3) is 5.54. The van der Waals surface area contributed by atoms with Gasteiger partial charge in [0.25, 0.3) is 5.91 Å². The summed E-state index contributed by atoms with van der Waals surface area (Å²) < 4.78 is 0.865. The predicted octanol–water partition coefficient (Wildman–Crippen LogP) is 5.96. The van der Waals surface area contributed by atoms with Crippen LogP contribution < -0.4 is 10.6 Å². The second-order valence-corrected chi connectivity index (χ2v) is 8.41. The summed E-state index contributed by atoms with van der Waals surface area (Å²) in [5.41, 5.74) is 1.59. The molecule has 0 aliphatic heterocycles. The number of carbonyl (C=O) groups excluding carboxylic acids is 2. The maximum absolute atomic E-state index is 12.9. The van der Waals surface area contributed by atoms with Crippen LogP contribution in [-0.2, 0) is 0 Å². The molecule has 146 valence electrons. The molecule has 0 spiro atoms. The lowest BCUT2D eigenvalue weighted by atomic mass is 10.0. The molecule has 0 unspecified atom stereocenters. The summed E-state index contributed by atoms with van der Waals surface area (Å²) in [6, 6.07) is 18.7. The van der Waals surface area contributed by atoms with Gasteiger partial charge in [0.15, 0.2) is 10.9 Å². The highest BCUT2D eigenvalue weighted by Gasteiger charge is 2.17. The Kier molecular flexibility index (Phi) is 7.23. The van der Waals surface area contributed by atoms with Crippen LogP contribution in [0, 0.1) is 3.57 Å². The standard InChI is InChI=1S/C21H13Cl2IN2O2S/c22-13-6-9-18(16(10-13)19(27)12-4-2-1-3-5-12)25-21(29)26-20(28)15-11-14(24)7-8-17(15)23/h1-11H,(H2,25,26,28,29). The number of ketones is 1. The van der Waals surface area contributed by atoms with Crippen LogP contribution in [0.2, 0.25) is 10.0 Å². The summed E-state index contributed by atoms with van der Waals surface area (Å²) in [6.45, 7) is 0. The lowest BCUT2D eigenvalue weighted by Gasteiger charge is -2.14. The van der Waals surface area contributed by atoms with Gasteiger partial charge in [-0.15, -0.1) is 0 Å². The molecule has 2 N–H and O–H groups in total. The molecule has 0 aliphatic rings. The molecule has 0 aliphatic carbocycles. The van der Waals surface area contributed by atoms with Crippen LogP contribution in [0.3, 0.4) is 0 Å². The van der Waals surface area contributed by atoms with Crippen molar-refractivity contribution in [1.29, 1.82) is 0 Å². The van der Waals surface area contributed by atoms with Gasteiger partial charge in [-0.1, -0.05) is 53.5 Å². The van der Waals surface area contributed by atoms with Gasteiger partial charge < -0.3 is 5.32 Å². The first-order valence-electron chi connectivity index (χ1n) is 8.32. The number of halogens is 3. The second kappa shape index (κ2) is 9.67. The third-order valence-electron chi connectivity index (χ3n) is 3.91. The first-order chi connectivity index (χ1) is 13.8. The van der Waals surface area contributed by atoms with Gasteiger partial charge in [-0.2, -0.15) is 0 Å². The molecule has 0 fully saturated rings. The number of benzene rings is 3. The minimum atomic E-state index is -0.448. The quantitative estimate of drug-likeness (QED) is 0.237. The van der Waals surface area contributed by atoms with E-state index >= 15 is 0 Å². The monoisotopic (exact) mass is 554 g/mol. The molecule has 0 heterocycles. The lowest BCUT2D eigenvalue weighted by molar-refractivity contribution is 0.0977. The lowest BCUT2D eigenvalue weighted by Crippen LogP contribution is -2.34. The maximum atomic E-state index is 12.9. The Morgan fingerprint density at radius 3 is 2.34 bits per heavy atom. The minimum Gasteiger partial charge on any atom is -0.332 e. The highest BCUT2D eigenvalue weighted by Crippen LogP contribution is 2.24. The topological polar surface area (TPSA) is 58.2 Å². The van der Waals surface area contributed by atoms with E-state index in [1.807, 2.05) is 6.07 Å². The van der Waals surface area contributed by atoms with Crippen molar-refractivity contribution in [1.82, 2.24) is 5.32 Å². The van der Waals surface area contributed by atoms with Crippen molar-refractivity contribution in [2.24, 2.45) is 0 Å². The SMILES string of the molecule is O=C(NC(=S)Nc1ccc(Cl)cc1C(=O)c1ccccc1)c1cc(I)ccc1Cl. The first-order valence-corrected chi connectivity index (χ1v) is 10.6. The number of carbonyl (C=O) groups is 2. The van der Waals surface area contributed by atoms with Crippen LogP contribution in [-0.4, -0.2) is 16.8 Å². The summed E-state index contributed by atoms with van der Waals surface area (Å²) in [5, 5.41) is 6.25. The molecule has 3 rings (SSSR count). The summed E-state index contributed by atoms with van der Waals surface area (Å²) in [7, 11) is 0. The zero-order valence-electron chi connectivity index (χ0n) is 14.7. The first kappa shape index (κ1) is 21.7. The molecular formula is C21H13Cl2IN2O2S. The van der Waals surface area contributed by atoms with E-state index in [-0.39, 0.29) is 10.9 Å². The van der Waals surface area contributed by atoms with E-state index in [4.69, 9.17) is 35.4 Å². The van der Waals surface area contributed by atoms with Crippen molar-refractivity contribution in [3.05, 3.63) is 97.0 Å². The number of amides is 1. The van der Waals surface area contributed by atoms with Crippen LogP contribution in [0.4, 0.5) is 5.69 Å². The molecule has 3 aromatic carbocycles. The molecule has 0 aromatic heterocycles. The van der Waals surface area contributed by atoms with Crippen molar-refractivity contribution < 1.29 is 9.59 Å². The molecular weight excluding hydrogens is 542 g/mol. The molecule has 0 radical (unpaired) electrons. The largest absolute Gasteiger partial charge is 0.332 e. The summed E-state index contributed by atoms with van der Waals surface area (Å²) in [6.07, 6.45) is 0. The fourth-order valence-corrected chi connectivity index (χ4v) is 3.62. The minimum absolute atomic E-state index is 0.0364. The van der Waals surface area contributed by atoms with Crippen LogP contribution >= 0.6 is 58.0 Å². The zero-order chi connectivity index (χ0) is 21.0. The van der Waals surface area contributed by atoms with Gasteiger partial charge in [-0.25, -0.2) is 0 Å². The Morgan fingerprint density at radius 1 is 0.897 bits per heavy atom. The predicted molar refractivity (Wildman–Crippen MR) is 129 cm³/mol. The molecule has 8 heteroatoms. The van der Waals surface area contributed by atoms with Crippen LogP contribution in [0.15, 0.2) is 66.7 Å². The van der Waals surface area contributed by atoms with Crippen molar-refractivity contribution in [2.75, 3.05) is 5.32 Å². The van der Waals surface area contributed by atoms with Crippen molar-refractivity contribution >= 4 is 80.5 Å². The number of hydrogen-bond acceptors (Lipinski definition) is 3. The number of rotatable bonds is 4. The number of thiocarbonyl (C=S) groups is 1. The van der Waals surface area contributed by atoms with Gasteiger partial charge in [-0.05, 0) is 71.2 Å². The van der Waals surface area contributed by atoms with E-state index in [1.54, 1.807) is 60.7 Å². The molecule has 0 saturated carbocycles. The van der Waals surface area contributed by atoms with Gasteiger partial charge in [0.2, 0.25) is 0 Å². The molecule has 29 heavy (non-hydrogen) atoms. The van der Waals surface area contributed by atoms with E-state index in [2.05, 4.69) is 33.2 Å². The second-order valence-electron chi connectivity index (χ2n) is 5.92. The van der Waals surface area contributed by atoms with Gasteiger partial charge in [0, 0.05) is 19.7 Å². The molecule has 0 saturated heterocycles. The van der Waals surface area contributed by atoms with Crippen molar-refractivity contribution in [3.63, 3.8) is 0 Å². The van der Waals surface area contributed by atoms with Crippen LogP contribution in [0.5, 0.6) is 0 Å². The number of anilines is 1. The van der Waals surface area contributed by atoms with Gasteiger partial charge in [-0.3, -0.25) is 14.9 Å². The Balaban J connectivity index is 1.81. The van der Waals surface area contributed by atoms with Crippen molar-refractivity contribution in [2.45, 2.75) is 0 Å². The third-order valence-corrected chi connectivity index (χ3v) is 5.35. The number of nitrogens with one attached hydrogen (secondary N) is 2. The molecule has 1 amide bonds. The van der Waals surface area contributed by atoms with Gasteiger partial charge in [0.05, 0.1) is 16.3 Å². The average Bonchev–Trinajstić information content (AvgIpc) is 2.71. The Bertz CT molecular complexity index is 1110. The van der Waals surface area contributed by atoms with E-state index in [0.717, 1.165) is 3.57 Å². The fraction of sp³-hybridized carbons (Fsp3) is 0. The highest BCUT2D eigenvalue weighted by atomic mass is 127. The maximum Gasteiger partial charge on any atom is 0.258 e. The molecule has 0 atom stereocenters. The molecule has 4 nitrogen and oxygen atoms in total. The van der Waals surface area contributed by atoms with E-state index in [1.165, 1.54) is 0 Å². The van der Waals surface area contributed by atoms with Crippen molar-refractivity contribution in [3.8, 4) is 0 Å². The van der Waals surface area contributed by atoms with Gasteiger partial charge >= 0.3 is 0 Å². The Labute approximate surface area is 196 Å². The Hall–Kier alpha value is -2.00. The normalized spacial score (nSPS) is 10.3. The fourth-order valence-electron chi connectivity index (χ4n) is 2.55. The smallest absolute Gasteiger partial charge is 0.258 e. The van der Waals surface area contributed by atoms with E-state index < -0.39 is 5.91 Å². The summed E-state index contributed by atoms with van der Waals surface area (Å²) in [4.78, 5) is 25.4. The molecule has 0 bridgehead atoms. The van der Waals surface area contributed by atoms with E-state index in [9.17, 15) is 9.59 Å². The highest BCUT2D eigenvalue weighted by molar-refractivity contribution is 14.1. The zero-order valence-corrected chi connectivity index (χ0v) is 19.2.